The second-order valence-electron chi connectivity index (χ2n) is 2.29. The van der Waals surface area contributed by atoms with Crippen LogP contribution in [0.5, 0.6) is 0 Å². The number of hydrazine groups is 2. The third kappa shape index (κ3) is 1.29. The van der Waals surface area contributed by atoms with Gasteiger partial charge in [0.15, 0.2) is 0 Å². The lowest BCUT2D eigenvalue weighted by atomic mass is 10.3. The van der Waals surface area contributed by atoms with Crippen molar-refractivity contribution in [2.24, 2.45) is 5.10 Å². The first-order valence-corrected chi connectivity index (χ1v) is 3.85. The standard InChI is InChI=1S/C7H7ClN4/c8-7-9-11-12(10-7)6-4-2-1-3-5-6/h1-5,11H,(H,9,10). The molecule has 1 aromatic carbocycles. The highest BCUT2D eigenvalue weighted by molar-refractivity contribution is 6.64. The Bertz CT molecular complexity index is 298. The number of hydrazone groups is 1. The molecule has 5 heteroatoms. The van der Waals surface area contributed by atoms with E-state index in [1.165, 1.54) is 0 Å². The molecule has 0 fully saturated rings. The molecule has 0 saturated carbocycles. The highest BCUT2D eigenvalue weighted by Gasteiger charge is 2.11. The molecule has 0 unspecified atom stereocenters. The molecule has 12 heavy (non-hydrogen) atoms. The number of halogens is 1. The van der Waals surface area contributed by atoms with E-state index >= 15 is 0 Å². The van der Waals surface area contributed by atoms with Crippen LogP contribution in [0.15, 0.2) is 35.4 Å². The zero-order valence-electron chi connectivity index (χ0n) is 6.16. The van der Waals surface area contributed by atoms with Gasteiger partial charge in [-0.15, -0.1) is 5.10 Å². The number of para-hydroxylation sites is 1. The lowest BCUT2D eigenvalue weighted by Gasteiger charge is -2.16. The van der Waals surface area contributed by atoms with Crippen LogP contribution in [0.25, 0.3) is 0 Å². The van der Waals surface area contributed by atoms with Crippen molar-refractivity contribution in [3.8, 4) is 0 Å². The second kappa shape index (κ2) is 2.91. The SMILES string of the molecule is ClC1=NNN(c2ccccc2)N1. The molecule has 0 amide bonds. The van der Waals surface area contributed by atoms with Crippen LogP contribution in [0.1, 0.15) is 0 Å². The third-order valence-corrected chi connectivity index (χ3v) is 1.64. The van der Waals surface area contributed by atoms with Gasteiger partial charge in [0.2, 0.25) is 5.29 Å². The van der Waals surface area contributed by atoms with Gasteiger partial charge < -0.3 is 0 Å². The Morgan fingerprint density at radius 2 is 2.00 bits per heavy atom. The predicted octanol–water partition coefficient (Wildman–Crippen LogP) is 1.03. The molecular formula is C7H7ClN4. The molecule has 0 radical (unpaired) electrons. The fourth-order valence-corrected chi connectivity index (χ4v) is 1.06. The quantitative estimate of drug-likeness (QED) is 0.638. The van der Waals surface area contributed by atoms with Crippen LogP contribution in [0.4, 0.5) is 5.69 Å². The van der Waals surface area contributed by atoms with Gasteiger partial charge in [-0.3, -0.25) is 5.43 Å². The Balaban J connectivity index is 2.14. The molecule has 0 bridgehead atoms. The van der Waals surface area contributed by atoms with Crippen molar-refractivity contribution in [2.75, 3.05) is 5.12 Å². The van der Waals surface area contributed by atoms with E-state index in [1.54, 1.807) is 5.12 Å². The highest BCUT2D eigenvalue weighted by atomic mass is 35.5. The third-order valence-electron chi connectivity index (χ3n) is 1.47. The minimum absolute atomic E-state index is 0.332. The summed E-state index contributed by atoms with van der Waals surface area (Å²) in [5.74, 6) is 0. The molecule has 1 aliphatic rings. The van der Waals surface area contributed by atoms with Crippen LogP contribution in [0.3, 0.4) is 0 Å². The van der Waals surface area contributed by atoms with Gasteiger partial charge in [0.05, 0.1) is 5.69 Å². The Morgan fingerprint density at radius 1 is 1.25 bits per heavy atom. The first kappa shape index (κ1) is 7.24. The molecule has 0 spiro atoms. The molecule has 1 aromatic rings. The molecule has 1 aliphatic heterocycles. The molecule has 1 heterocycles. The number of nitrogens with one attached hydrogen (secondary N) is 2. The topological polar surface area (TPSA) is 39.7 Å². The summed E-state index contributed by atoms with van der Waals surface area (Å²) in [5, 5.41) is 5.70. The summed E-state index contributed by atoms with van der Waals surface area (Å²) in [7, 11) is 0. The summed E-state index contributed by atoms with van der Waals surface area (Å²) in [4.78, 5) is 0. The van der Waals surface area contributed by atoms with Crippen molar-refractivity contribution in [3.63, 3.8) is 0 Å². The van der Waals surface area contributed by atoms with E-state index in [0.717, 1.165) is 5.69 Å². The Labute approximate surface area is 74.8 Å². The molecule has 4 nitrogen and oxygen atoms in total. The molecule has 62 valence electrons. The van der Waals surface area contributed by atoms with Crippen molar-refractivity contribution < 1.29 is 0 Å². The summed E-state index contributed by atoms with van der Waals surface area (Å²) in [6, 6.07) is 9.69. The van der Waals surface area contributed by atoms with Crippen molar-refractivity contribution in [2.45, 2.75) is 0 Å². The van der Waals surface area contributed by atoms with Crippen LogP contribution in [-0.4, -0.2) is 5.29 Å². The summed E-state index contributed by atoms with van der Waals surface area (Å²) < 4.78 is 0. The number of anilines is 1. The van der Waals surface area contributed by atoms with Crippen LogP contribution in [-0.2, 0) is 0 Å². The summed E-state index contributed by atoms with van der Waals surface area (Å²) in [5.41, 5.74) is 6.46. The number of amidine groups is 1. The largest absolute Gasteiger partial charge is 0.250 e. The molecule has 0 atom stereocenters. The monoisotopic (exact) mass is 182 g/mol. The summed E-state index contributed by atoms with van der Waals surface area (Å²) >= 11 is 5.59. The van der Waals surface area contributed by atoms with Crippen molar-refractivity contribution in [1.29, 1.82) is 0 Å². The number of hydrogen-bond acceptors (Lipinski definition) is 4. The fraction of sp³-hybridized carbons (Fsp3) is 0. The summed E-state index contributed by atoms with van der Waals surface area (Å²) in [6.45, 7) is 0. The Morgan fingerprint density at radius 3 is 2.58 bits per heavy atom. The molecular weight excluding hydrogens is 176 g/mol. The molecule has 2 rings (SSSR count). The van der Waals surface area contributed by atoms with Crippen LogP contribution in [0.2, 0.25) is 0 Å². The van der Waals surface area contributed by atoms with E-state index in [1.807, 2.05) is 30.3 Å². The van der Waals surface area contributed by atoms with Gasteiger partial charge in [-0.05, 0) is 23.7 Å². The Hall–Kier alpha value is -1.42. The van der Waals surface area contributed by atoms with Gasteiger partial charge in [-0.2, -0.15) is 10.7 Å². The van der Waals surface area contributed by atoms with Crippen molar-refractivity contribution >= 4 is 22.6 Å². The van der Waals surface area contributed by atoms with Gasteiger partial charge >= 0.3 is 0 Å². The van der Waals surface area contributed by atoms with Crippen LogP contribution < -0.4 is 16.1 Å². The normalized spacial score (nSPS) is 15.1. The zero-order valence-corrected chi connectivity index (χ0v) is 6.92. The number of nitrogens with zero attached hydrogens (tertiary/aromatic N) is 2. The van der Waals surface area contributed by atoms with Crippen LogP contribution >= 0.6 is 11.6 Å². The van der Waals surface area contributed by atoms with Gasteiger partial charge in [0.1, 0.15) is 0 Å². The maximum Gasteiger partial charge on any atom is 0.236 e. The average molecular weight is 183 g/mol. The molecule has 0 aliphatic carbocycles. The van der Waals surface area contributed by atoms with E-state index in [9.17, 15) is 0 Å². The average Bonchev–Trinajstić information content (AvgIpc) is 2.54. The maximum atomic E-state index is 5.59. The van der Waals surface area contributed by atoms with E-state index in [0.29, 0.717) is 5.29 Å². The van der Waals surface area contributed by atoms with Crippen molar-refractivity contribution in [3.05, 3.63) is 30.3 Å². The zero-order chi connectivity index (χ0) is 8.39. The van der Waals surface area contributed by atoms with Gasteiger partial charge in [0, 0.05) is 0 Å². The van der Waals surface area contributed by atoms with Gasteiger partial charge in [-0.25, -0.2) is 0 Å². The van der Waals surface area contributed by atoms with E-state index in [2.05, 4.69) is 16.1 Å². The fourth-order valence-electron chi connectivity index (χ4n) is 0.936. The molecule has 0 saturated heterocycles. The first-order chi connectivity index (χ1) is 5.86. The predicted molar refractivity (Wildman–Crippen MR) is 48.5 cm³/mol. The maximum absolute atomic E-state index is 5.59. The number of rotatable bonds is 1. The lowest BCUT2D eigenvalue weighted by Crippen LogP contribution is -2.40. The van der Waals surface area contributed by atoms with E-state index < -0.39 is 0 Å². The van der Waals surface area contributed by atoms with Crippen LogP contribution in [0, 0.1) is 0 Å². The van der Waals surface area contributed by atoms with E-state index in [-0.39, 0.29) is 0 Å². The molecule has 0 aromatic heterocycles. The smallest absolute Gasteiger partial charge is 0.236 e. The van der Waals surface area contributed by atoms with E-state index in [4.69, 9.17) is 11.6 Å². The second-order valence-corrected chi connectivity index (χ2v) is 2.64. The summed E-state index contributed by atoms with van der Waals surface area (Å²) in [6.07, 6.45) is 0. The minimum atomic E-state index is 0.332. The highest BCUT2D eigenvalue weighted by Crippen LogP contribution is 2.10. The Kier molecular flexibility index (Phi) is 1.75. The van der Waals surface area contributed by atoms with Gasteiger partial charge in [-0.1, -0.05) is 18.2 Å². The lowest BCUT2D eigenvalue weighted by molar-refractivity contribution is 0.684. The molecule has 2 N–H and O–H groups in total. The minimum Gasteiger partial charge on any atom is -0.250 e. The number of benzene rings is 1. The van der Waals surface area contributed by atoms with Crippen molar-refractivity contribution in [1.82, 2.24) is 11.0 Å². The van der Waals surface area contributed by atoms with Gasteiger partial charge in [0.25, 0.3) is 0 Å². The number of hydrogen-bond donors (Lipinski definition) is 2. The first-order valence-electron chi connectivity index (χ1n) is 3.47.